The van der Waals surface area contributed by atoms with Gasteiger partial charge in [0.1, 0.15) is 0 Å². The van der Waals surface area contributed by atoms with E-state index in [0.717, 1.165) is 24.1 Å². The van der Waals surface area contributed by atoms with Crippen LogP contribution in [-0.2, 0) is 27.6 Å². The minimum atomic E-state index is -2.18. The summed E-state index contributed by atoms with van der Waals surface area (Å²) < 4.78 is 17.9. The van der Waals surface area contributed by atoms with Crippen LogP contribution in [0.4, 0.5) is 0 Å². The molecule has 2 nitrogen and oxygen atoms in total. The van der Waals surface area contributed by atoms with Crippen LogP contribution in [0, 0.1) is 0 Å². The van der Waals surface area contributed by atoms with E-state index >= 15 is 0 Å². The van der Waals surface area contributed by atoms with E-state index in [1.165, 1.54) is 25.8 Å². The third-order valence-electron chi connectivity index (χ3n) is 3.21. The number of unbranched alkanes of at least 4 members (excludes halogenated alkanes) is 1. The van der Waals surface area contributed by atoms with Gasteiger partial charge >= 0.3 is 47.0 Å². The smallest absolute Gasteiger partial charge is 1.00 e. The van der Waals surface area contributed by atoms with Crippen molar-refractivity contribution < 1.29 is 46.0 Å². The predicted molar refractivity (Wildman–Crippen MR) is 120 cm³/mol. The zero-order valence-electron chi connectivity index (χ0n) is 19.0. The van der Waals surface area contributed by atoms with Gasteiger partial charge in [-0.1, -0.05) is 37.6 Å². The van der Waals surface area contributed by atoms with Crippen molar-refractivity contribution in [3.63, 3.8) is 0 Å². The van der Waals surface area contributed by atoms with Crippen molar-refractivity contribution in [2.45, 2.75) is 55.8 Å². The minimum Gasteiger partial charge on any atom is -1.00 e. The number of nitrogens with zero attached hydrogens (tertiary/aromatic N) is 1. The van der Waals surface area contributed by atoms with Crippen LogP contribution in [-0.4, -0.2) is 20.4 Å². The van der Waals surface area contributed by atoms with Crippen LogP contribution in [0.15, 0.2) is 53.2 Å². The van der Waals surface area contributed by atoms with Crippen LogP contribution < -0.4 is 24.8 Å². The monoisotopic (exact) mass is 521 g/mol. The summed E-state index contributed by atoms with van der Waals surface area (Å²) in [5.41, 5.74) is 3.46. The molecule has 28 heavy (non-hydrogen) atoms. The number of ether oxygens (including phenoxy) is 1. The normalized spacial score (nSPS) is 14.5. The summed E-state index contributed by atoms with van der Waals surface area (Å²) in [5.74, 6) is 0.692. The first-order chi connectivity index (χ1) is 11.8. The maximum Gasteiger partial charge on any atom is -1.00 e. The Balaban J connectivity index is 0. The zero-order valence-corrected chi connectivity index (χ0v) is 25.0. The Hall–Kier alpha value is -0.150. The fourth-order valence-electron chi connectivity index (χ4n) is 2.07. The molecule has 0 radical (unpaired) electrons. The number of hydrogen-bond donors (Lipinski definition) is 0. The Kier molecular flexibility index (Phi) is 12.1. The number of rotatable bonds is 5. The molecule has 0 N–H and O–H groups in total. The number of hydrogen-bond acceptors (Lipinski definition) is 2. The van der Waals surface area contributed by atoms with E-state index in [-0.39, 0.29) is 24.8 Å². The number of allylic oxidation sites excluding steroid dienone is 3. The summed E-state index contributed by atoms with van der Waals surface area (Å²) >= 11 is -2.18. The first-order valence-electron chi connectivity index (χ1n) is 9.91. The Labute approximate surface area is 185 Å². The van der Waals surface area contributed by atoms with Crippen LogP contribution in [0.1, 0.15) is 37.3 Å². The van der Waals surface area contributed by atoms with Crippen molar-refractivity contribution in [3.05, 3.63) is 59.3 Å². The zero-order chi connectivity index (χ0) is 19.9. The van der Waals surface area contributed by atoms with Gasteiger partial charge in [0.2, 0.25) is 5.90 Å². The van der Waals surface area contributed by atoms with Crippen LogP contribution >= 0.6 is 0 Å². The standard InChI is InChI=1S/C17H21NO.5CH3.2ClH.H3Si.Zr/c1-3-4-7-14-10-12-15(13-11-14)17(19-2)18-16-8-5-6-9-16;;;;;;;;;/h5-6,8,10-13H,3-4,7,9H2,1-2H3;5*1H3;2*1H;1H3;/q;;;;;;;;;+2/p-2. The van der Waals surface area contributed by atoms with E-state index in [9.17, 15) is 0 Å². The third kappa shape index (κ3) is 16.8. The van der Waals surface area contributed by atoms with Gasteiger partial charge in [0.15, 0.2) is 0 Å². The summed E-state index contributed by atoms with van der Waals surface area (Å²) in [6.45, 7) is 2.22. The third-order valence-corrected chi connectivity index (χ3v) is 3.21. The van der Waals surface area contributed by atoms with Crippen molar-refractivity contribution in [1.29, 1.82) is 0 Å². The Morgan fingerprint density at radius 3 is 2.00 bits per heavy atom. The molecule has 0 fully saturated rings. The molecule has 160 valence electrons. The Morgan fingerprint density at radius 2 is 1.61 bits per heavy atom. The second kappa shape index (κ2) is 11.3. The minimum absolute atomic E-state index is 0. The second-order valence-electron chi connectivity index (χ2n) is 12.2. The molecule has 0 bridgehead atoms. The van der Waals surface area contributed by atoms with E-state index in [1.54, 1.807) is 7.11 Å². The molecule has 6 heteroatoms. The molecule has 0 spiro atoms. The molecule has 0 saturated carbocycles. The van der Waals surface area contributed by atoms with Gasteiger partial charge in [0, 0.05) is 17.7 Å². The summed E-state index contributed by atoms with van der Waals surface area (Å²) in [5, 5.41) is 0. The van der Waals surface area contributed by atoms with Gasteiger partial charge in [-0.2, -0.15) is 0 Å². The maximum atomic E-state index is 5.40. The topological polar surface area (TPSA) is 21.6 Å². The van der Waals surface area contributed by atoms with Gasteiger partial charge in [-0.15, -0.1) is 0 Å². The van der Waals surface area contributed by atoms with E-state index in [1.807, 2.05) is 12.2 Å². The van der Waals surface area contributed by atoms with Gasteiger partial charge < -0.3 is 29.6 Å². The van der Waals surface area contributed by atoms with Crippen molar-refractivity contribution in [2.75, 3.05) is 7.11 Å². The molecule has 0 atom stereocenters. The van der Waals surface area contributed by atoms with Crippen molar-refractivity contribution in [2.24, 2.45) is 4.99 Å². The molecule has 1 aliphatic rings. The molecule has 1 aliphatic carbocycles. The van der Waals surface area contributed by atoms with Crippen LogP contribution in [0.2, 0.25) is 23.2 Å². The largest absolute Gasteiger partial charge is 1.00 e. The van der Waals surface area contributed by atoms with E-state index in [0.29, 0.717) is 5.90 Å². The number of halogens is 2. The molecule has 2 rings (SSSR count). The van der Waals surface area contributed by atoms with Gasteiger partial charge in [0.25, 0.3) is 0 Å². The molecule has 1 aromatic rings. The Bertz CT molecular complexity index is 676. The molecular weight excluding hydrogens is 484 g/mol. The number of aryl methyl sites for hydroxylation is 1. The average Bonchev–Trinajstić information content (AvgIpc) is 3.01. The van der Waals surface area contributed by atoms with Crippen molar-refractivity contribution in [1.82, 2.24) is 0 Å². The first-order valence-corrected chi connectivity index (χ1v) is 30.6. The van der Waals surface area contributed by atoms with Crippen LogP contribution in [0.3, 0.4) is 0 Å². The fourth-order valence-corrected chi connectivity index (χ4v) is 2.07. The first kappa shape index (κ1) is 30.0. The molecule has 0 unspecified atom stereocenters. The molecule has 0 aliphatic heterocycles. The molecule has 0 amide bonds. The predicted octanol–water partition coefficient (Wildman–Crippen LogP) is 0.00660. The van der Waals surface area contributed by atoms with Crippen molar-refractivity contribution in [3.8, 4) is 0 Å². The number of benzene rings is 1. The van der Waals surface area contributed by atoms with E-state index in [4.69, 9.17) is 4.74 Å². The molecule has 1 aromatic carbocycles. The summed E-state index contributed by atoms with van der Waals surface area (Å²) in [4.78, 5) is 4.55. The van der Waals surface area contributed by atoms with Crippen LogP contribution in [0.25, 0.3) is 0 Å². The fraction of sp³-hybridized carbons (Fsp3) is 0.500. The second-order valence-corrected chi connectivity index (χ2v) is 78.7. The van der Waals surface area contributed by atoms with Gasteiger partial charge in [-0.25, -0.2) is 4.99 Å². The average molecular weight is 524 g/mol. The molecular formula is C22H39Cl2NOSiZr. The van der Waals surface area contributed by atoms with Gasteiger partial charge in [0.05, 0.1) is 7.11 Å². The molecule has 0 heterocycles. The number of methoxy groups -OCH3 is 1. The SMILES string of the molecule is CCCCc1ccc(C(=NC2=CC=CC2)OC)cc1.[CH3][Zr+2]([CH3])([CH3])([CH3])([CH3])[SiH3].[Cl-].[Cl-]. The molecule has 0 saturated heterocycles. The maximum absolute atomic E-state index is 5.40. The van der Waals surface area contributed by atoms with Crippen molar-refractivity contribution >= 4 is 13.3 Å². The molecule has 0 aromatic heterocycles. The summed E-state index contributed by atoms with van der Waals surface area (Å²) in [6.07, 6.45) is 10.7. The quantitative estimate of drug-likeness (QED) is 0.303. The van der Waals surface area contributed by atoms with Gasteiger partial charge in [-0.05, 0) is 36.6 Å². The van der Waals surface area contributed by atoms with Gasteiger partial charge in [-0.3, -0.25) is 0 Å². The van der Waals surface area contributed by atoms with E-state index in [2.05, 4.69) is 65.4 Å². The number of aliphatic imine (C=N–C) groups is 1. The van der Waals surface area contributed by atoms with Crippen LogP contribution in [0.5, 0.6) is 0 Å². The summed E-state index contributed by atoms with van der Waals surface area (Å²) in [7, 11) is 3.10. The Morgan fingerprint density at radius 1 is 1.07 bits per heavy atom. The summed E-state index contributed by atoms with van der Waals surface area (Å²) in [6, 6.07) is 8.52. The van der Waals surface area contributed by atoms with E-state index < -0.39 is 16.5 Å².